The third kappa shape index (κ3) is 2.84. The number of nitrogens with zero attached hydrogens (tertiary/aromatic N) is 2. The highest BCUT2D eigenvalue weighted by atomic mass is 35.5. The maximum absolute atomic E-state index is 13.2. The Morgan fingerprint density at radius 3 is 2.71 bits per heavy atom. The molecule has 0 aliphatic rings. The summed E-state index contributed by atoms with van der Waals surface area (Å²) < 4.78 is 14.5. The van der Waals surface area contributed by atoms with Crippen LogP contribution in [0.25, 0.3) is 0 Å². The molecule has 2 aromatic rings. The van der Waals surface area contributed by atoms with Crippen molar-refractivity contribution in [2.75, 3.05) is 0 Å². The Bertz CT molecular complexity index is 613. The summed E-state index contributed by atoms with van der Waals surface area (Å²) >= 11 is 11.1. The molecule has 0 aliphatic carbocycles. The van der Waals surface area contributed by atoms with E-state index >= 15 is 0 Å². The normalized spacial score (nSPS) is 10.5. The summed E-state index contributed by atoms with van der Waals surface area (Å²) in [5.74, 6) is -0.515. The van der Waals surface area contributed by atoms with Gasteiger partial charge in [0.15, 0.2) is 0 Å². The van der Waals surface area contributed by atoms with E-state index in [0.29, 0.717) is 5.56 Å². The van der Waals surface area contributed by atoms with E-state index in [0.717, 1.165) is 0 Å². The zero-order valence-corrected chi connectivity index (χ0v) is 10.0. The number of benzene rings is 1. The summed E-state index contributed by atoms with van der Waals surface area (Å²) in [6.07, 6.45) is 1.32. The number of hydrogen-bond donors (Lipinski definition) is 0. The van der Waals surface area contributed by atoms with E-state index in [1.165, 1.54) is 29.1 Å². The van der Waals surface area contributed by atoms with Crippen molar-refractivity contribution in [2.45, 2.75) is 6.54 Å². The van der Waals surface area contributed by atoms with Gasteiger partial charge in [-0.25, -0.2) is 9.37 Å². The fourth-order valence-corrected chi connectivity index (χ4v) is 1.61. The third-order valence-corrected chi connectivity index (χ3v) is 2.70. The topological polar surface area (TPSA) is 34.9 Å². The Labute approximate surface area is 106 Å². The minimum atomic E-state index is -0.515. The molecule has 0 atom stereocenters. The van der Waals surface area contributed by atoms with Gasteiger partial charge in [-0.05, 0) is 17.7 Å². The first-order valence-electron chi connectivity index (χ1n) is 4.72. The summed E-state index contributed by atoms with van der Waals surface area (Å²) in [4.78, 5) is 15.3. The second kappa shape index (κ2) is 4.85. The summed E-state index contributed by atoms with van der Waals surface area (Å²) in [6.45, 7) is 0.219. The lowest BCUT2D eigenvalue weighted by atomic mass is 10.2. The molecule has 88 valence electrons. The number of rotatable bonds is 2. The Balaban J connectivity index is 2.31. The van der Waals surface area contributed by atoms with Crippen LogP contribution in [0.1, 0.15) is 5.56 Å². The molecule has 3 nitrogen and oxygen atoms in total. The van der Waals surface area contributed by atoms with Crippen molar-refractivity contribution in [3.8, 4) is 0 Å². The molecule has 0 unspecified atom stereocenters. The van der Waals surface area contributed by atoms with Gasteiger partial charge in [0, 0.05) is 6.07 Å². The molecule has 0 amide bonds. The molecule has 1 aromatic heterocycles. The molecular weight excluding hydrogens is 266 g/mol. The summed E-state index contributed by atoms with van der Waals surface area (Å²) in [5.41, 5.74) is 0.332. The van der Waals surface area contributed by atoms with Crippen molar-refractivity contribution >= 4 is 23.2 Å². The van der Waals surface area contributed by atoms with Crippen LogP contribution in [0.5, 0.6) is 0 Å². The van der Waals surface area contributed by atoms with E-state index in [-0.39, 0.29) is 22.3 Å². The van der Waals surface area contributed by atoms with E-state index in [4.69, 9.17) is 23.2 Å². The molecule has 0 bridgehead atoms. The lowest BCUT2D eigenvalue weighted by Crippen LogP contribution is -2.19. The number of hydrogen-bond acceptors (Lipinski definition) is 2. The second-order valence-corrected chi connectivity index (χ2v) is 4.22. The van der Waals surface area contributed by atoms with Gasteiger partial charge < -0.3 is 0 Å². The van der Waals surface area contributed by atoms with Crippen LogP contribution in [0.4, 0.5) is 4.39 Å². The van der Waals surface area contributed by atoms with Gasteiger partial charge in [0.25, 0.3) is 5.56 Å². The van der Waals surface area contributed by atoms with E-state index in [1.807, 2.05) is 0 Å². The molecule has 0 aliphatic heterocycles. The Hall–Kier alpha value is -1.39. The predicted octanol–water partition coefficient (Wildman–Crippen LogP) is 2.74. The fraction of sp³-hybridized carbons (Fsp3) is 0.0909. The highest BCUT2D eigenvalue weighted by molar-refractivity contribution is 6.30. The SMILES string of the molecule is O=c1cc(Cl)ncn1Cc1ccc(Cl)c(F)c1. The van der Waals surface area contributed by atoms with Gasteiger partial charge in [0.05, 0.1) is 17.9 Å². The van der Waals surface area contributed by atoms with E-state index in [9.17, 15) is 9.18 Å². The van der Waals surface area contributed by atoms with E-state index < -0.39 is 5.82 Å². The molecular formula is C11H7Cl2FN2O. The van der Waals surface area contributed by atoms with Gasteiger partial charge in [0.2, 0.25) is 0 Å². The van der Waals surface area contributed by atoms with Crippen molar-refractivity contribution in [1.82, 2.24) is 9.55 Å². The molecule has 0 saturated carbocycles. The summed E-state index contributed by atoms with van der Waals surface area (Å²) in [5, 5.41) is 0.184. The highest BCUT2D eigenvalue weighted by Crippen LogP contribution is 2.15. The lowest BCUT2D eigenvalue weighted by Gasteiger charge is -2.05. The Kier molecular flexibility index (Phi) is 3.45. The molecule has 0 spiro atoms. The van der Waals surface area contributed by atoms with Crippen LogP contribution in [-0.2, 0) is 6.54 Å². The Morgan fingerprint density at radius 1 is 1.29 bits per heavy atom. The van der Waals surface area contributed by atoms with Gasteiger partial charge >= 0.3 is 0 Å². The first kappa shape index (κ1) is 12.1. The maximum atomic E-state index is 13.2. The minimum Gasteiger partial charge on any atom is -0.295 e. The zero-order chi connectivity index (χ0) is 12.4. The molecule has 6 heteroatoms. The quantitative estimate of drug-likeness (QED) is 0.788. The van der Waals surface area contributed by atoms with Crippen LogP contribution in [-0.4, -0.2) is 9.55 Å². The molecule has 1 aromatic carbocycles. The molecule has 0 fully saturated rings. The molecule has 0 N–H and O–H groups in total. The molecule has 0 radical (unpaired) electrons. The van der Waals surface area contributed by atoms with E-state index in [2.05, 4.69) is 4.98 Å². The van der Waals surface area contributed by atoms with Crippen LogP contribution >= 0.6 is 23.2 Å². The predicted molar refractivity (Wildman–Crippen MR) is 64.0 cm³/mol. The van der Waals surface area contributed by atoms with Gasteiger partial charge in [-0.15, -0.1) is 0 Å². The average Bonchev–Trinajstić information content (AvgIpc) is 2.27. The average molecular weight is 273 g/mol. The molecule has 1 heterocycles. The summed E-state index contributed by atoms with van der Waals surface area (Å²) in [6, 6.07) is 5.57. The van der Waals surface area contributed by atoms with Gasteiger partial charge in [-0.1, -0.05) is 29.3 Å². The highest BCUT2D eigenvalue weighted by Gasteiger charge is 2.03. The second-order valence-electron chi connectivity index (χ2n) is 3.43. The monoisotopic (exact) mass is 272 g/mol. The fourth-order valence-electron chi connectivity index (χ4n) is 1.36. The summed E-state index contributed by atoms with van der Waals surface area (Å²) in [7, 11) is 0. The first-order valence-corrected chi connectivity index (χ1v) is 5.48. The number of aromatic nitrogens is 2. The van der Waals surface area contributed by atoms with E-state index in [1.54, 1.807) is 6.07 Å². The zero-order valence-electron chi connectivity index (χ0n) is 8.53. The van der Waals surface area contributed by atoms with Gasteiger partial charge in [-0.3, -0.25) is 9.36 Å². The standard InChI is InChI=1S/C11H7Cl2FN2O/c12-8-2-1-7(3-9(8)14)5-16-6-15-10(13)4-11(16)17/h1-4,6H,5H2. The largest absolute Gasteiger partial charge is 0.295 e. The van der Waals surface area contributed by atoms with Gasteiger partial charge in [0.1, 0.15) is 11.0 Å². The van der Waals surface area contributed by atoms with Gasteiger partial charge in [-0.2, -0.15) is 0 Å². The number of halogens is 3. The smallest absolute Gasteiger partial charge is 0.255 e. The van der Waals surface area contributed by atoms with Crippen LogP contribution in [0.2, 0.25) is 10.2 Å². The molecule has 0 saturated heterocycles. The van der Waals surface area contributed by atoms with Crippen molar-refractivity contribution in [3.05, 3.63) is 62.5 Å². The van der Waals surface area contributed by atoms with Crippen LogP contribution in [0.3, 0.4) is 0 Å². The first-order chi connectivity index (χ1) is 8.06. The van der Waals surface area contributed by atoms with Crippen LogP contribution in [0, 0.1) is 5.82 Å². The van der Waals surface area contributed by atoms with Crippen LogP contribution in [0.15, 0.2) is 35.4 Å². The minimum absolute atomic E-state index is 0.0512. The van der Waals surface area contributed by atoms with Crippen molar-refractivity contribution < 1.29 is 4.39 Å². The van der Waals surface area contributed by atoms with Crippen molar-refractivity contribution in [3.63, 3.8) is 0 Å². The molecule has 17 heavy (non-hydrogen) atoms. The van der Waals surface area contributed by atoms with Crippen molar-refractivity contribution in [2.24, 2.45) is 0 Å². The van der Waals surface area contributed by atoms with Crippen molar-refractivity contribution in [1.29, 1.82) is 0 Å². The third-order valence-electron chi connectivity index (χ3n) is 2.18. The van der Waals surface area contributed by atoms with Crippen LogP contribution < -0.4 is 5.56 Å². The Morgan fingerprint density at radius 2 is 2.06 bits per heavy atom. The molecule has 2 rings (SSSR count). The maximum Gasteiger partial charge on any atom is 0.255 e. The lowest BCUT2D eigenvalue weighted by molar-refractivity contribution is 0.622.